The summed E-state index contributed by atoms with van der Waals surface area (Å²) in [5.74, 6) is 1.95. The highest BCUT2D eigenvalue weighted by Gasteiger charge is 2.17. The second-order valence-electron chi connectivity index (χ2n) is 5.91. The number of hydrogen-bond donors (Lipinski definition) is 2. The summed E-state index contributed by atoms with van der Waals surface area (Å²) in [4.78, 5) is 12.4. The number of carbonyl (C=O) groups excluding carboxylic acids is 1. The third kappa shape index (κ3) is 4.62. The number of nitrogens with zero attached hydrogens (tertiary/aromatic N) is 4. The normalized spacial score (nSPS) is 10.6. The first-order valence-corrected chi connectivity index (χ1v) is 9.66. The van der Waals surface area contributed by atoms with Crippen LogP contribution in [0.5, 0.6) is 17.2 Å². The number of nitrogens with one attached hydrogen (secondary N) is 2. The van der Waals surface area contributed by atoms with Crippen LogP contribution >= 0.6 is 11.8 Å². The van der Waals surface area contributed by atoms with Crippen LogP contribution < -0.4 is 19.5 Å². The summed E-state index contributed by atoms with van der Waals surface area (Å²) in [7, 11) is 6.50. The largest absolute Gasteiger partial charge is 0.493 e. The summed E-state index contributed by atoms with van der Waals surface area (Å²) in [5.41, 5.74) is 1.67. The van der Waals surface area contributed by atoms with Gasteiger partial charge in [-0.15, -0.1) is 10.2 Å². The number of aromatic nitrogens is 5. The van der Waals surface area contributed by atoms with E-state index in [9.17, 15) is 4.79 Å². The maximum atomic E-state index is 12.4. The van der Waals surface area contributed by atoms with Crippen molar-refractivity contribution in [2.24, 2.45) is 7.05 Å². The van der Waals surface area contributed by atoms with Crippen molar-refractivity contribution in [1.29, 1.82) is 0 Å². The standard InChI is InChI=1S/C18H22N6O4S/c1-24-10-20-23-18(24)29-6-5-19-17(25)13-9-12(21-22-13)11-7-14(26-2)16(28-4)15(8-11)27-3/h7-10H,5-6H2,1-4H3,(H,19,25)(H,21,22). The van der Waals surface area contributed by atoms with Crippen molar-refractivity contribution in [2.45, 2.75) is 5.16 Å². The van der Waals surface area contributed by atoms with Gasteiger partial charge in [-0.3, -0.25) is 9.89 Å². The minimum Gasteiger partial charge on any atom is -0.493 e. The Labute approximate surface area is 171 Å². The Balaban J connectivity index is 1.65. The van der Waals surface area contributed by atoms with Gasteiger partial charge in [0.25, 0.3) is 5.91 Å². The van der Waals surface area contributed by atoms with Crippen LogP contribution in [0.4, 0.5) is 0 Å². The number of aryl methyl sites for hydroxylation is 1. The van der Waals surface area contributed by atoms with Crippen LogP contribution in [0.2, 0.25) is 0 Å². The van der Waals surface area contributed by atoms with Gasteiger partial charge in [-0.2, -0.15) is 5.10 Å². The lowest BCUT2D eigenvalue weighted by Gasteiger charge is -2.13. The predicted molar refractivity (Wildman–Crippen MR) is 108 cm³/mol. The van der Waals surface area contributed by atoms with Crippen LogP contribution in [-0.4, -0.2) is 64.5 Å². The van der Waals surface area contributed by atoms with E-state index in [-0.39, 0.29) is 5.91 Å². The molecule has 3 aromatic rings. The molecule has 154 valence electrons. The Morgan fingerprint density at radius 3 is 2.48 bits per heavy atom. The highest BCUT2D eigenvalue weighted by atomic mass is 32.2. The lowest BCUT2D eigenvalue weighted by atomic mass is 10.1. The van der Waals surface area contributed by atoms with Crippen molar-refractivity contribution < 1.29 is 19.0 Å². The molecule has 1 amide bonds. The van der Waals surface area contributed by atoms with Gasteiger partial charge in [0.15, 0.2) is 16.7 Å². The number of aromatic amines is 1. The van der Waals surface area contributed by atoms with E-state index in [4.69, 9.17) is 14.2 Å². The van der Waals surface area contributed by atoms with Crippen LogP contribution in [0.15, 0.2) is 29.7 Å². The summed E-state index contributed by atoms with van der Waals surface area (Å²) in [6.45, 7) is 0.481. The number of thioether (sulfide) groups is 1. The van der Waals surface area contributed by atoms with Gasteiger partial charge in [-0.05, 0) is 18.2 Å². The van der Waals surface area contributed by atoms with Crippen molar-refractivity contribution in [2.75, 3.05) is 33.6 Å². The number of rotatable bonds is 9. The number of hydrogen-bond acceptors (Lipinski definition) is 8. The molecule has 0 aliphatic rings. The average molecular weight is 418 g/mol. The first kappa shape index (κ1) is 20.5. The zero-order valence-electron chi connectivity index (χ0n) is 16.6. The summed E-state index contributed by atoms with van der Waals surface area (Å²) in [5, 5.41) is 18.4. The minimum atomic E-state index is -0.241. The highest BCUT2D eigenvalue weighted by molar-refractivity contribution is 7.99. The SMILES string of the molecule is COc1cc(-c2cc(C(=O)NCCSc3nncn3C)[nH]n2)cc(OC)c1OC. The molecule has 0 saturated heterocycles. The first-order chi connectivity index (χ1) is 14.1. The zero-order chi connectivity index (χ0) is 20.8. The Bertz CT molecular complexity index is 961. The molecule has 0 spiro atoms. The molecular weight excluding hydrogens is 396 g/mol. The number of ether oxygens (including phenoxy) is 3. The van der Waals surface area contributed by atoms with E-state index in [1.54, 1.807) is 45.9 Å². The maximum Gasteiger partial charge on any atom is 0.269 e. The maximum absolute atomic E-state index is 12.4. The van der Waals surface area contributed by atoms with Gasteiger partial charge in [0, 0.05) is 24.9 Å². The second-order valence-corrected chi connectivity index (χ2v) is 6.97. The van der Waals surface area contributed by atoms with E-state index in [1.165, 1.54) is 11.8 Å². The van der Waals surface area contributed by atoms with Gasteiger partial charge in [0.1, 0.15) is 12.0 Å². The molecule has 2 N–H and O–H groups in total. The minimum absolute atomic E-state index is 0.241. The molecule has 1 aromatic carbocycles. The van der Waals surface area contributed by atoms with Crippen LogP contribution in [-0.2, 0) is 7.05 Å². The van der Waals surface area contributed by atoms with E-state index in [2.05, 4.69) is 25.7 Å². The smallest absolute Gasteiger partial charge is 0.269 e. The third-order valence-corrected chi connectivity index (χ3v) is 5.11. The molecule has 2 aromatic heterocycles. The van der Waals surface area contributed by atoms with Gasteiger partial charge in [-0.25, -0.2) is 0 Å². The summed E-state index contributed by atoms with van der Waals surface area (Å²) >= 11 is 1.51. The van der Waals surface area contributed by atoms with Crippen LogP contribution in [0.25, 0.3) is 11.3 Å². The highest BCUT2D eigenvalue weighted by Crippen LogP contribution is 2.40. The second kappa shape index (κ2) is 9.32. The Morgan fingerprint density at radius 2 is 1.90 bits per heavy atom. The molecule has 0 atom stereocenters. The molecule has 0 fully saturated rings. The fourth-order valence-corrected chi connectivity index (χ4v) is 3.36. The topological polar surface area (TPSA) is 116 Å². The van der Waals surface area contributed by atoms with Crippen molar-refractivity contribution in [1.82, 2.24) is 30.3 Å². The van der Waals surface area contributed by atoms with Gasteiger partial charge in [-0.1, -0.05) is 11.8 Å². The molecule has 3 rings (SSSR count). The summed E-state index contributed by atoms with van der Waals surface area (Å²) < 4.78 is 17.9. The quantitative estimate of drug-likeness (QED) is 0.399. The third-order valence-electron chi connectivity index (χ3n) is 4.07. The van der Waals surface area contributed by atoms with Gasteiger partial charge in [0.05, 0.1) is 27.0 Å². The Hall–Kier alpha value is -3.21. The summed E-state index contributed by atoms with van der Waals surface area (Å²) in [6.07, 6.45) is 1.64. The number of amides is 1. The van der Waals surface area contributed by atoms with Gasteiger partial charge < -0.3 is 24.1 Å². The first-order valence-electron chi connectivity index (χ1n) is 8.68. The van der Waals surface area contributed by atoms with E-state index in [0.29, 0.717) is 40.9 Å². The van der Waals surface area contributed by atoms with E-state index in [1.807, 2.05) is 11.6 Å². The Morgan fingerprint density at radius 1 is 1.17 bits per heavy atom. The zero-order valence-corrected chi connectivity index (χ0v) is 17.4. The van der Waals surface area contributed by atoms with E-state index >= 15 is 0 Å². The van der Waals surface area contributed by atoms with Crippen molar-refractivity contribution >= 4 is 17.7 Å². The molecule has 29 heavy (non-hydrogen) atoms. The molecule has 0 radical (unpaired) electrons. The lowest BCUT2D eigenvalue weighted by Crippen LogP contribution is -2.26. The number of benzene rings is 1. The number of methoxy groups -OCH3 is 3. The number of H-pyrrole nitrogens is 1. The van der Waals surface area contributed by atoms with Crippen LogP contribution in [0.1, 0.15) is 10.5 Å². The fraction of sp³-hybridized carbons (Fsp3) is 0.333. The molecule has 10 nitrogen and oxygen atoms in total. The monoisotopic (exact) mass is 418 g/mol. The summed E-state index contributed by atoms with van der Waals surface area (Å²) in [6, 6.07) is 5.22. The molecule has 11 heteroatoms. The molecule has 0 bridgehead atoms. The van der Waals surface area contributed by atoms with E-state index in [0.717, 1.165) is 10.7 Å². The van der Waals surface area contributed by atoms with Gasteiger partial charge in [0.2, 0.25) is 5.75 Å². The fourth-order valence-electron chi connectivity index (χ4n) is 2.62. The molecule has 0 unspecified atom stereocenters. The Kier molecular flexibility index (Phi) is 6.60. The van der Waals surface area contributed by atoms with Crippen molar-refractivity contribution in [3.05, 3.63) is 30.2 Å². The molecule has 0 saturated carbocycles. The van der Waals surface area contributed by atoms with E-state index < -0.39 is 0 Å². The molecule has 2 heterocycles. The van der Waals surface area contributed by atoms with Crippen LogP contribution in [0, 0.1) is 0 Å². The molecule has 0 aliphatic carbocycles. The molecule has 0 aliphatic heterocycles. The van der Waals surface area contributed by atoms with Gasteiger partial charge >= 0.3 is 0 Å². The average Bonchev–Trinajstić information content (AvgIpc) is 3.39. The van der Waals surface area contributed by atoms with Crippen LogP contribution in [0.3, 0.4) is 0 Å². The predicted octanol–water partition coefficient (Wildman–Crippen LogP) is 1.75. The number of carbonyl (C=O) groups is 1. The van der Waals surface area contributed by atoms with Crippen molar-refractivity contribution in [3.8, 4) is 28.5 Å². The lowest BCUT2D eigenvalue weighted by molar-refractivity contribution is 0.0951. The van der Waals surface area contributed by atoms with Crippen molar-refractivity contribution in [3.63, 3.8) is 0 Å². The molecular formula is C18H22N6O4S.